The van der Waals surface area contributed by atoms with Crippen LogP contribution in [0.3, 0.4) is 0 Å². The molecular weight excluding hydrogens is 390 g/mol. The second-order valence-corrected chi connectivity index (χ2v) is 8.99. The Balaban J connectivity index is 1.76. The number of fused-ring (bicyclic) bond motifs is 1. The molecule has 0 bridgehead atoms. The van der Waals surface area contributed by atoms with Crippen LogP contribution in [0.1, 0.15) is 30.9 Å². The summed E-state index contributed by atoms with van der Waals surface area (Å²) in [5.74, 6) is 1.21. The van der Waals surface area contributed by atoms with E-state index in [-0.39, 0.29) is 11.1 Å². The van der Waals surface area contributed by atoms with E-state index in [1.807, 2.05) is 50.2 Å². The SMILES string of the molecule is CC(C)c1cnn2c(NCc3ccccc3-c3ccco3)nc(S(C)(=O)=O)nc12. The molecule has 4 aromatic rings. The molecule has 29 heavy (non-hydrogen) atoms. The first-order valence-electron chi connectivity index (χ1n) is 9.16. The number of nitrogens with one attached hydrogen (secondary N) is 1. The maximum Gasteiger partial charge on any atom is 0.252 e. The van der Waals surface area contributed by atoms with Crippen LogP contribution in [0, 0.1) is 0 Å². The predicted molar refractivity (Wildman–Crippen MR) is 109 cm³/mol. The Hall–Kier alpha value is -3.20. The lowest BCUT2D eigenvalue weighted by atomic mass is 10.1. The molecule has 150 valence electrons. The van der Waals surface area contributed by atoms with Crippen molar-refractivity contribution >= 4 is 21.4 Å². The Labute approximate surface area is 168 Å². The first kappa shape index (κ1) is 19.1. The van der Waals surface area contributed by atoms with E-state index in [0.717, 1.165) is 28.7 Å². The van der Waals surface area contributed by atoms with Gasteiger partial charge in [-0.05, 0) is 23.6 Å². The zero-order chi connectivity index (χ0) is 20.6. The fourth-order valence-electron chi connectivity index (χ4n) is 3.08. The van der Waals surface area contributed by atoms with Crippen molar-refractivity contribution in [3.8, 4) is 11.3 Å². The molecule has 9 heteroatoms. The topological polar surface area (TPSA) is 102 Å². The molecule has 0 aliphatic heterocycles. The second-order valence-electron chi connectivity index (χ2n) is 7.08. The number of hydrogen-bond acceptors (Lipinski definition) is 7. The van der Waals surface area contributed by atoms with Gasteiger partial charge in [0, 0.05) is 23.9 Å². The van der Waals surface area contributed by atoms with Gasteiger partial charge in [0.05, 0.1) is 12.5 Å². The summed E-state index contributed by atoms with van der Waals surface area (Å²) >= 11 is 0. The number of benzene rings is 1. The van der Waals surface area contributed by atoms with Crippen molar-refractivity contribution in [3.05, 3.63) is 60.0 Å². The zero-order valence-electron chi connectivity index (χ0n) is 16.3. The molecular formula is C20H21N5O3S. The molecule has 0 fully saturated rings. The Morgan fingerprint density at radius 3 is 2.62 bits per heavy atom. The third-order valence-electron chi connectivity index (χ3n) is 4.57. The molecule has 0 radical (unpaired) electrons. The molecule has 1 aromatic carbocycles. The van der Waals surface area contributed by atoms with Crippen LogP contribution in [0.2, 0.25) is 0 Å². The largest absolute Gasteiger partial charge is 0.464 e. The van der Waals surface area contributed by atoms with Gasteiger partial charge in [-0.2, -0.15) is 19.6 Å². The fraction of sp³-hybridized carbons (Fsp3) is 0.250. The molecule has 4 rings (SSSR count). The molecule has 0 atom stereocenters. The van der Waals surface area contributed by atoms with Crippen LogP contribution < -0.4 is 5.32 Å². The Morgan fingerprint density at radius 2 is 1.93 bits per heavy atom. The molecule has 0 aliphatic rings. The predicted octanol–water partition coefficient (Wildman–Crippen LogP) is 3.52. The molecule has 0 amide bonds. The van der Waals surface area contributed by atoms with Crippen molar-refractivity contribution in [2.24, 2.45) is 0 Å². The highest BCUT2D eigenvalue weighted by atomic mass is 32.2. The summed E-state index contributed by atoms with van der Waals surface area (Å²) in [6.07, 6.45) is 4.42. The molecule has 0 aliphatic carbocycles. The monoisotopic (exact) mass is 411 g/mol. The third kappa shape index (κ3) is 3.73. The maximum absolute atomic E-state index is 12.1. The van der Waals surface area contributed by atoms with Crippen molar-refractivity contribution in [1.29, 1.82) is 0 Å². The Morgan fingerprint density at radius 1 is 1.14 bits per heavy atom. The van der Waals surface area contributed by atoms with Crippen molar-refractivity contribution in [1.82, 2.24) is 19.6 Å². The highest BCUT2D eigenvalue weighted by Crippen LogP contribution is 2.26. The molecule has 3 aromatic heterocycles. The van der Waals surface area contributed by atoms with Gasteiger partial charge in [-0.15, -0.1) is 0 Å². The van der Waals surface area contributed by atoms with E-state index in [4.69, 9.17) is 4.42 Å². The van der Waals surface area contributed by atoms with Crippen molar-refractivity contribution < 1.29 is 12.8 Å². The highest BCUT2D eigenvalue weighted by Gasteiger charge is 2.20. The molecule has 0 saturated heterocycles. The highest BCUT2D eigenvalue weighted by molar-refractivity contribution is 7.90. The number of aromatic nitrogens is 4. The van der Waals surface area contributed by atoms with Gasteiger partial charge < -0.3 is 9.73 Å². The minimum Gasteiger partial charge on any atom is -0.464 e. The summed E-state index contributed by atoms with van der Waals surface area (Å²) < 4.78 is 31.3. The molecule has 0 saturated carbocycles. The first-order valence-corrected chi connectivity index (χ1v) is 11.0. The van der Waals surface area contributed by atoms with Crippen molar-refractivity contribution in [3.63, 3.8) is 0 Å². The lowest BCUT2D eigenvalue weighted by molar-refractivity contribution is 0.581. The van der Waals surface area contributed by atoms with Gasteiger partial charge in [-0.3, -0.25) is 0 Å². The summed E-state index contributed by atoms with van der Waals surface area (Å²) in [6, 6.07) is 11.6. The second kappa shape index (κ2) is 7.32. The fourth-order valence-corrected chi connectivity index (χ4v) is 3.59. The van der Waals surface area contributed by atoms with Crippen LogP contribution in [0.4, 0.5) is 5.95 Å². The van der Waals surface area contributed by atoms with Crippen LogP contribution in [0.25, 0.3) is 17.0 Å². The number of anilines is 1. The number of rotatable bonds is 6. The summed E-state index contributed by atoms with van der Waals surface area (Å²) in [5, 5.41) is 7.35. The van der Waals surface area contributed by atoms with Crippen LogP contribution in [-0.2, 0) is 16.4 Å². The first-order chi connectivity index (χ1) is 13.8. The molecule has 1 N–H and O–H groups in total. The van der Waals surface area contributed by atoms with Gasteiger partial charge in [0.25, 0.3) is 5.16 Å². The number of furan rings is 1. The van der Waals surface area contributed by atoms with Crippen LogP contribution in [0.5, 0.6) is 0 Å². The summed E-state index contributed by atoms with van der Waals surface area (Å²) in [7, 11) is -3.58. The minimum atomic E-state index is -3.58. The van der Waals surface area contributed by atoms with E-state index < -0.39 is 9.84 Å². The van der Waals surface area contributed by atoms with Crippen LogP contribution in [0.15, 0.2) is 58.4 Å². The summed E-state index contributed by atoms with van der Waals surface area (Å²) in [4.78, 5) is 8.47. The number of nitrogens with zero attached hydrogens (tertiary/aromatic N) is 4. The van der Waals surface area contributed by atoms with E-state index in [2.05, 4.69) is 20.4 Å². The average molecular weight is 411 g/mol. The molecule has 0 unspecified atom stereocenters. The maximum atomic E-state index is 12.1. The quantitative estimate of drug-likeness (QED) is 0.518. The standard InChI is InChI=1S/C20H21N5O3S/c1-13(2)16-12-22-25-18(16)23-20(29(3,26)27)24-19(25)21-11-14-7-4-5-8-15(14)17-9-6-10-28-17/h4-10,12-13H,11H2,1-3H3,(H,21,23,24). The Bertz CT molecular complexity index is 1260. The van der Waals surface area contributed by atoms with E-state index >= 15 is 0 Å². The lowest BCUT2D eigenvalue weighted by Gasteiger charge is -2.12. The molecule has 3 heterocycles. The zero-order valence-corrected chi connectivity index (χ0v) is 17.1. The normalized spacial score (nSPS) is 12.0. The smallest absolute Gasteiger partial charge is 0.252 e. The van der Waals surface area contributed by atoms with Gasteiger partial charge in [-0.1, -0.05) is 38.1 Å². The van der Waals surface area contributed by atoms with E-state index in [1.165, 1.54) is 0 Å². The van der Waals surface area contributed by atoms with Crippen molar-refractivity contribution in [2.75, 3.05) is 11.6 Å². The van der Waals surface area contributed by atoms with Gasteiger partial charge in [0.15, 0.2) is 5.65 Å². The van der Waals surface area contributed by atoms with Gasteiger partial charge in [0.2, 0.25) is 15.8 Å². The van der Waals surface area contributed by atoms with Gasteiger partial charge in [0.1, 0.15) is 5.76 Å². The minimum absolute atomic E-state index is 0.141. The van der Waals surface area contributed by atoms with Crippen LogP contribution in [-0.4, -0.2) is 34.3 Å². The van der Waals surface area contributed by atoms with Crippen LogP contribution >= 0.6 is 0 Å². The molecule has 8 nitrogen and oxygen atoms in total. The number of hydrogen-bond donors (Lipinski definition) is 1. The lowest BCUT2D eigenvalue weighted by Crippen LogP contribution is -2.14. The Kier molecular flexibility index (Phi) is 4.83. The molecule has 0 spiro atoms. The van der Waals surface area contributed by atoms with E-state index in [0.29, 0.717) is 18.1 Å². The summed E-state index contributed by atoms with van der Waals surface area (Å²) in [5.41, 5.74) is 3.27. The number of sulfone groups is 1. The van der Waals surface area contributed by atoms with Crippen molar-refractivity contribution in [2.45, 2.75) is 31.5 Å². The average Bonchev–Trinajstić information content (AvgIpc) is 3.35. The van der Waals surface area contributed by atoms with Gasteiger partial charge >= 0.3 is 0 Å². The van der Waals surface area contributed by atoms with E-state index in [9.17, 15) is 8.42 Å². The summed E-state index contributed by atoms with van der Waals surface area (Å²) in [6.45, 7) is 4.42. The third-order valence-corrected chi connectivity index (χ3v) is 5.42. The van der Waals surface area contributed by atoms with Gasteiger partial charge in [-0.25, -0.2) is 8.42 Å². The van der Waals surface area contributed by atoms with E-state index in [1.54, 1.807) is 17.0 Å².